The molecule has 1 aromatic rings. The van der Waals surface area contributed by atoms with Crippen molar-refractivity contribution >= 4 is 0 Å². The number of ether oxygens (including phenoxy) is 2. The molecule has 0 aromatic carbocycles. The molecule has 1 fully saturated rings. The maximum atomic E-state index is 6.15. The van der Waals surface area contributed by atoms with Crippen LogP contribution in [0, 0.1) is 0 Å². The molecule has 0 saturated carbocycles. The molecule has 1 aliphatic rings. The monoisotopic (exact) mass is 255 g/mol. The maximum Gasteiger partial charge on any atom is 0.234 e. The molecule has 0 aliphatic carbocycles. The standard InChI is InChI=1S/C12H21N3O3/c1-11(2,12(3,4)13)10-14-9(15-18-10)8-7-16-5-6-17-8/h8H,5-7,13H2,1-4H3. The highest BCUT2D eigenvalue weighted by molar-refractivity contribution is 5.11. The molecule has 2 N–H and O–H groups in total. The summed E-state index contributed by atoms with van der Waals surface area (Å²) in [7, 11) is 0. The third-order valence-electron chi connectivity index (χ3n) is 3.69. The normalized spacial score (nSPS) is 22.2. The Hall–Kier alpha value is -0.980. The molecule has 6 heteroatoms. The van der Waals surface area contributed by atoms with Crippen molar-refractivity contribution in [1.29, 1.82) is 0 Å². The molecular formula is C12H21N3O3. The van der Waals surface area contributed by atoms with Crippen molar-refractivity contribution in [2.24, 2.45) is 5.73 Å². The van der Waals surface area contributed by atoms with E-state index in [0.29, 0.717) is 31.5 Å². The Morgan fingerprint density at radius 3 is 2.50 bits per heavy atom. The molecule has 6 nitrogen and oxygen atoms in total. The predicted molar refractivity (Wildman–Crippen MR) is 65.1 cm³/mol. The molecule has 2 rings (SSSR count). The summed E-state index contributed by atoms with van der Waals surface area (Å²) in [5.41, 5.74) is 5.28. The molecule has 0 spiro atoms. The van der Waals surface area contributed by atoms with Gasteiger partial charge in [-0.25, -0.2) is 0 Å². The fourth-order valence-electron chi connectivity index (χ4n) is 1.53. The van der Waals surface area contributed by atoms with Crippen molar-refractivity contribution in [2.45, 2.75) is 44.8 Å². The lowest BCUT2D eigenvalue weighted by atomic mass is 9.75. The summed E-state index contributed by atoms with van der Waals surface area (Å²) in [4.78, 5) is 4.41. The van der Waals surface area contributed by atoms with Gasteiger partial charge in [0.25, 0.3) is 0 Å². The number of hydrogen-bond acceptors (Lipinski definition) is 6. The lowest BCUT2D eigenvalue weighted by Crippen LogP contribution is -2.50. The van der Waals surface area contributed by atoms with Crippen LogP contribution in [0.1, 0.15) is 45.5 Å². The molecule has 1 saturated heterocycles. The van der Waals surface area contributed by atoms with E-state index in [2.05, 4.69) is 10.1 Å². The number of nitrogens with two attached hydrogens (primary N) is 1. The number of aromatic nitrogens is 2. The van der Waals surface area contributed by atoms with Gasteiger partial charge in [-0.3, -0.25) is 0 Å². The summed E-state index contributed by atoms with van der Waals surface area (Å²) in [6.07, 6.45) is -0.243. The first-order valence-electron chi connectivity index (χ1n) is 6.14. The van der Waals surface area contributed by atoms with Crippen molar-refractivity contribution in [1.82, 2.24) is 10.1 Å². The van der Waals surface area contributed by atoms with Crippen LogP contribution in [-0.4, -0.2) is 35.5 Å². The average molecular weight is 255 g/mol. The van der Waals surface area contributed by atoms with Gasteiger partial charge in [-0.1, -0.05) is 5.16 Å². The Kier molecular flexibility index (Phi) is 3.44. The zero-order valence-corrected chi connectivity index (χ0v) is 11.4. The molecule has 0 radical (unpaired) electrons. The summed E-state index contributed by atoms with van der Waals surface area (Å²) >= 11 is 0. The first kappa shape index (κ1) is 13.5. The second-order valence-corrected chi connectivity index (χ2v) is 5.74. The Bertz CT molecular complexity index is 403. The second kappa shape index (κ2) is 4.60. The Morgan fingerprint density at radius 1 is 1.22 bits per heavy atom. The van der Waals surface area contributed by atoms with Gasteiger partial charge < -0.3 is 19.7 Å². The van der Waals surface area contributed by atoms with Gasteiger partial charge in [0.2, 0.25) is 11.7 Å². The van der Waals surface area contributed by atoms with Crippen molar-refractivity contribution in [3.8, 4) is 0 Å². The largest absolute Gasteiger partial charge is 0.376 e. The fourth-order valence-corrected chi connectivity index (χ4v) is 1.53. The number of rotatable bonds is 3. The molecular weight excluding hydrogens is 234 g/mol. The van der Waals surface area contributed by atoms with Gasteiger partial charge in [0.05, 0.1) is 25.2 Å². The Balaban J connectivity index is 2.19. The molecule has 2 heterocycles. The third-order valence-corrected chi connectivity index (χ3v) is 3.69. The molecule has 1 aliphatic heterocycles. The fraction of sp³-hybridized carbons (Fsp3) is 0.833. The molecule has 102 valence electrons. The number of nitrogens with zero attached hydrogens (tertiary/aromatic N) is 2. The van der Waals surface area contributed by atoms with E-state index in [1.807, 2.05) is 27.7 Å². The molecule has 0 bridgehead atoms. The van der Waals surface area contributed by atoms with Crippen LogP contribution >= 0.6 is 0 Å². The van der Waals surface area contributed by atoms with E-state index in [0.717, 1.165) is 0 Å². The maximum absolute atomic E-state index is 6.15. The number of hydrogen-bond donors (Lipinski definition) is 1. The molecule has 18 heavy (non-hydrogen) atoms. The van der Waals surface area contributed by atoms with Gasteiger partial charge >= 0.3 is 0 Å². The van der Waals surface area contributed by atoms with Gasteiger partial charge in [-0.2, -0.15) is 4.98 Å². The van der Waals surface area contributed by atoms with Crippen molar-refractivity contribution < 1.29 is 14.0 Å². The minimum atomic E-state index is -0.458. The quantitative estimate of drug-likeness (QED) is 0.873. The van der Waals surface area contributed by atoms with Crippen LogP contribution in [0.2, 0.25) is 0 Å². The highest BCUT2D eigenvalue weighted by Gasteiger charge is 2.40. The SMILES string of the molecule is CC(C)(N)C(C)(C)c1nc(C2COCCO2)no1. The van der Waals surface area contributed by atoms with Crippen LogP contribution in [0.5, 0.6) is 0 Å². The van der Waals surface area contributed by atoms with Crippen molar-refractivity contribution in [3.63, 3.8) is 0 Å². The Morgan fingerprint density at radius 2 is 1.94 bits per heavy atom. The van der Waals surface area contributed by atoms with Crippen LogP contribution in [0.3, 0.4) is 0 Å². The van der Waals surface area contributed by atoms with E-state index in [1.165, 1.54) is 0 Å². The highest BCUT2D eigenvalue weighted by Crippen LogP contribution is 2.32. The smallest absolute Gasteiger partial charge is 0.234 e. The van der Waals surface area contributed by atoms with Crippen LogP contribution in [-0.2, 0) is 14.9 Å². The molecule has 1 unspecified atom stereocenters. The second-order valence-electron chi connectivity index (χ2n) is 5.74. The van der Waals surface area contributed by atoms with E-state index in [9.17, 15) is 0 Å². The van der Waals surface area contributed by atoms with Crippen molar-refractivity contribution in [3.05, 3.63) is 11.7 Å². The third kappa shape index (κ3) is 2.41. The minimum Gasteiger partial charge on any atom is -0.376 e. The van der Waals surface area contributed by atoms with E-state index in [-0.39, 0.29) is 6.10 Å². The van der Waals surface area contributed by atoms with Gasteiger partial charge in [0.1, 0.15) is 6.10 Å². The van der Waals surface area contributed by atoms with Crippen LogP contribution in [0.4, 0.5) is 0 Å². The molecule has 1 aromatic heterocycles. The van der Waals surface area contributed by atoms with Gasteiger partial charge in [-0.05, 0) is 27.7 Å². The van der Waals surface area contributed by atoms with Gasteiger partial charge in [-0.15, -0.1) is 0 Å². The van der Waals surface area contributed by atoms with E-state index in [4.69, 9.17) is 19.7 Å². The van der Waals surface area contributed by atoms with Crippen LogP contribution < -0.4 is 5.73 Å². The minimum absolute atomic E-state index is 0.243. The van der Waals surface area contributed by atoms with E-state index < -0.39 is 11.0 Å². The molecule has 0 amide bonds. The van der Waals surface area contributed by atoms with Crippen LogP contribution in [0.25, 0.3) is 0 Å². The lowest BCUT2D eigenvalue weighted by Gasteiger charge is -2.34. The zero-order chi connectivity index (χ0) is 13.4. The van der Waals surface area contributed by atoms with Crippen LogP contribution in [0.15, 0.2) is 4.52 Å². The molecule has 1 atom stereocenters. The van der Waals surface area contributed by atoms with Gasteiger partial charge in [0.15, 0.2) is 0 Å². The summed E-state index contributed by atoms with van der Waals surface area (Å²) in [5.74, 6) is 1.06. The first-order valence-corrected chi connectivity index (χ1v) is 6.14. The van der Waals surface area contributed by atoms with E-state index >= 15 is 0 Å². The summed E-state index contributed by atoms with van der Waals surface area (Å²) in [6.45, 7) is 9.49. The summed E-state index contributed by atoms with van der Waals surface area (Å²) in [5, 5.41) is 3.97. The Labute approximate surface area is 107 Å². The lowest BCUT2D eigenvalue weighted by molar-refractivity contribution is -0.0941. The topological polar surface area (TPSA) is 83.4 Å². The average Bonchev–Trinajstić information content (AvgIpc) is 2.78. The summed E-state index contributed by atoms with van der Waals surface area (Å²) < 4.78 is 16.2. The summed E-state index contributed by atoms with van der Waals surface area (Å²) in [6, 6.07) is 0. The highest BCUT2D eigenvalue weighted by atomic mass is 16.6. The first-order chi connectivity index (χ1) is 8.32. The predicted octanol–water partition coefficient (Wildman–Crippen LogP) is 1.17. The van der Waals surface area contributed by atoms with E-state index in [1.54, 1.807) is 0 Å². The van der Waals surface area contributed by atoms with Crippen molar-refractivity contribution in [2.75, 3.05) is 19.8 Å². The van der Waals surface area contributed by atoms with Gasteiger partial charge in [0, 0.05) is 5.54 Å². The zero-order valence-electron chi connectivity index (χ0n) is 11.4.